The van der Waals surface area contributed by atoms with E-state index in [9.17, 15) is 14.0 Å². The van der Waals surface area contributed by atoms with Gasteiger partial charge in [-0.3, -0.25) is 9.69 Å². The zero-order chi connectivity index (χ0) is 15.4. The minimum Gasteiger partial charge on any atom is -0.480 e. The maximum Gasteiger partial charge on any atom is 0.322 e. The van der Waals surface area contributed by atoms with Gasteiger partial charge in [0, 0.05) is 26.2 Å². The molecule has 2 amide bonds. The summed E-state index contributed by atoms with van der Waals surface area (Å²) in [6, 6.07) is 5.03. The highest BCUT2D eigenvalue weighted by Crippen LogP contribution is 2.14. The van der Waals surface area contributed by atoms with Gasteiger partial charge >= 0.3 is 12.0 Å². The zero-order valence-corrected chi connectivity index (χ0v) is 11.8. The second-order valence-corrected chi connectivity index (χ2v) is 4.95. The van der Waals surface area contributed by atoms with Crippen LogP contribution in [0.1, 0.15) is 6.92 Å². The number of urea groups is 1. The van der Waals surface area contributed by atoms with Gasteiger partial charge in [-0.25, -0.2) is 9.18 Å². The summed E-state index contributed by atoms with van der Waals surface area (Å²) in [4.78, 5) is 26.3. The van der Waals surface area contributed by atoms with Crippen LogP contribution >= 0.6 is 0 Å². The molecule has 21 heavy (non-hydrogen) atoms. The molecule has 1 aromatic rings. The minimum absolute atomic E-state index is 0.142. The molecule has 0 bridgehead atoms. The van der Waals surface area contributed by atoms with Crippen LogP contribution in [0, 0.1) is 5.82 Å². The monoisotopic (exact) mass is 295 g/mol. The Balaban J connectivity index is 1.89. The molecule has 0 saturated carbocycles. The number of carbonyl (C=O) groups is 2. The lowest BCUT2D eigenvalue weighted by Gasteiger charge is -2.36. The molecule has 7 heteroatoms. The molecule has 1 aromatic carbocycles. The molecule has 0 aromatic heterocycles. The van der Waals surface area contributed by atoms with Crippen LogP contribution in [0.4, 0.5) is 14.9 Å². The summed E-state index contributed by atoms with van der Waals surface area (Å²) in [5, 5.41) is 11.5. The lowest BCUT2D eigenvalue weighted by atomic mass is 10.2. The van der Waals surface area contributed by atoms with Crippen LogP contribution in [-0.4, -0.2) is 59.1 Å². The largest absolute Gasteiger partial charge is 0.480 e. The van der Waals surface area contributed by atoms with Gasteiger partial charge in [-0.2, -0.15) is 0 Å². The van der Waals surface area contributed by atoms with Gasteiger partial charge in [0.2, 0.25) is 0 Å². The highest BCUT2D eigenvalue weighted by Gasteiger charge is 2.27. The highest BCUT2D eigenvalue weighted by molar-refractivity contribution is 5.89. The molecule has 1 fully saturated rings. The van der Waals surface area contributed by atoms with Crippen LogP contribution < -0.4 is 5.32 Å². The van der Waals surface area contributed by atoms with E-state index in [1.54, 1.807) is 28.9 Å². The van der Waals surface area contributed by atoms with Crippen molar-refractivity contribution >= 4 is 17.7 Å². The molecule has 1 aliphatic heterocycles. The fraction of sp³-hybridized carbons (Fsp3) is 0.429. The number of halogens is 1. The number of nitrogens with zero attached hydrogens (tertiary/aromatic N) is 2. The zero-order valence-electron chi connectivity index (χ0n) is 11.8. The van der Waals surface area contributed by atoms with E-state index in [2.05, 4.69) is 5.32 Å². The number of benzene rings is 1. The molecule has 2 N–H and O–H groups in total. The van der Waals surface area contributed by atoms with Gasteiger partial charge in [0.25, 0.3) is 0 Å². The van der Waals surface area contributed by atoms with Gasteiger partial charge in [-0.15, -0.1) is 0 Å². The number of carbonyl (C=O) groups excluding carboxylic acids is 1. The lowest BCUT2D eigenvalue weighted by molar-refractivity contribution is -0.143. The summed E-state index contributed by atoms with van der Waals surface area (Å²) in [6.07, 6.45) is 0. The molecule has 0 aliphatic carbocycles. The first-order valence-electron chi connectivity index (χ1n) is 6.76. The normalized spacial score (nSPS) is 17.3. The number of aliphatic carboxylic acids is 1. The van der Waals surface area contributed by atoms with Crippen molar-refractivity contribution in [2.75, 3.05) is 31.5 Å². The third-order valence-electron chi connectivity index (χ3n) is 3.62. The molecule has 2 rings (SSSR count). The average molecular weight is 295 g/mol. The predicted octanol–water partition coefficient (Wildman–Crippen LogP) is 1.45. The van der Waals surface area contributed by atoms with Gasteiger partial charge in [-0.05, 0) is 19.1 Å². The van der Waals surface area contributed by atoms with Gasteiger partial charge in [-0.1, -0.05) is 12.1 Å². The Labute approximate surface area is 122 Å². The van der Waals surface area contributed by atoms with Crippen LogP contribution in [0.15, 0.2) is 24.3 Å². The van der Waals surface area contributed by atoms with E-state index in [0.29, 0.717) is 26.2 Å². The number of piperazine rings is 1. The molecular formula is C14H18FN3O3. The fourth-order valence-corrected chi connectivity index (χ4v) is 2.23. The van der Waals surface area contributed by atoms with Crippen molar-refractivity contribution in [1.29, 1.82) is 0 Å². The minimum atomic E-state index is -0.876. The average Bonchev–Trinajstić information content (AvgIpc) is 2.49. The lowest BCUT2D eigenvalue weighted by Crippen LogP contribution is -2.54. The van der Waals surface area contributed by atoms with Crippen LogP contribution in [0.2, 0.25) is 0 Å². The molecule has 1 atom stereocenters. The summed E-state index contributed by atoms with van der Waals surface area (Å²) in [5.41, 5.74) is 0.142. The van der Waals surface area contributed by atoms with E-state index in [1.165, 1.54) is 12.1 Å². The van der Waals surface area contributed by atoms with Gasteiger partial charge in [0.1, 0.15) is 11.9 Å². The number of carboxylic acids is 1. The predicted molar refractivity (Wildman–Crippen MR) is 75.7 cm³/mol. The third kappa shape index (κ3) is 3.69. The number of hydrogen-bond acceptors (Lipinski definition) is 3. The molecule has 1 heterocycles. The molecule has 114 valence electrons. The van der Waals surface area contributed by atoms with Crippen LogP contribution in [0.5, 0.6) is 0 Å². The molecule has 1 saturated heterocycles. The van der Waals surface area contributed by atoms with Crippen molar-refractivity contribution in [2.24, 2.45) is 0 Å². The Kier molecular flexibility index (Phi) is 4.74. The van der Waals surface area contributed by atoms with Crippen molar-refractivity contribution in [3.05, 3.63) is 30.1 Å². The maximum atomic E-state index is 13.5. The summed E-state index contributed by atoms with van der Waals surface area (Å²) >= 11 is 0. The number of rotatable bonds is 3. The van der Waals surface area contributed by atoms with Gasteiger partial charge in [0.15, 0.2) is 0 Å². The number of para-hydroxylation sites is 1. The number of anilines is 1. The summed E-state index contributed by atoms with van der Waals surface area (Å²) in [5.74, 6) is -1.36. The molecular weight excluding hydrogens is 277 g/mol. The molecule has 1 aliphatic rings. The topological polar surface area (TPSA) is 72.9 Å². The van der Waals surface area contributed by atoms with Crippen molar-refractivity contribution in [3.63, 3.8) is 0 Å². The van der Waals surface area contributed by atoms with Gasteiger partial charge < -0.3 is 15.3 Å². The summed E-state index contributed by atoms with van der Waals surface area (Å²) < 4.78 is 13.5. The SMILES string of the molecule is CC(C(=O)O)N1CCN(C(=O)Nc2ccccc2F)CC1. The Morgan fingerprint density at radius 1 is 1.24 bits per heavy atom. The number of nitrogens with one attached hydrogen (secondary N) is 1. The Morgan fingerprint density at radius 2 is 1.86 bits per heavy atom. The van der Waals surface area contributed by atoms with E-state index in [1.807, 2.05) is 0 Å². The van der Waals surface area contributed by atoms with Crippen LogP contribution in [0.25, 0.3) is 0 Å². The smallest absolute Gasteiger partial charge is 0.322 e. The van der Waals surface area contributed by atoms with Gasteiger partial charge in [0.05, 0.1) is 5.69 Å². The Hall–Kier alpha value is -2.15. The van der Waals surface area contributed by atoms with Crippen molar-refractivity contribution in [1.82, 2.24) is 9.80 Å². The Morgan fingerprint density at radius 3 is 2.43 bits per heavy atom. The van der Waals surface area contributed by atoms with E-state index in [-0.39, 0.29) is 11.7 Å². The van der Waals surface area contributed by atoms with Crippen molar-refractivity contribution < 1.29 is 19.1 Å². The van der Waals surface area contributed by atoms with E-state index < -0.39 is 17.8 Å². The first kappa shape index (κ1) is 15.2. The molecule has 0 radical (unpaired) electrons. The number of amides is 2. The standard InChI is InChI=1S/C14H18FN3O3/c1-10(13(19)20)17-6-8-18(9-7-17)14(21)16-12-5-3-2-4-11(12)15/h2-5,10H,6-9H2,1H3,(H,16,21)(H,19,20). The summed E-state index contributed by atoms with van der Waals surface area (Å²) in [6.45, 7) is 3.42. The second kappa shape index (κ2) is 6.53. The third-order valence-corrected chi connectivity index (χ3v) is 3.62. The molecule has 0 spiro atoms. The van der Waals surface area contributed by atoms with Crippen molar-refractivity contribution in [2.45, 2.75) is 13.0 Å². The highest BCUT2D eigenvalue weighted by atomic mass is 19.1. The van der Waals surface area contributed by atoms with E-state index in [4.69, 9.17) is 5.11 Å². The summed E-state index contributed by atoms with van der Waals surface area (Å²) in [7, 11) is 0. The number of carboxylic acid groups (broad SMARTS) is 1. The van der Waals surface area contributed by atoms with E-state index in [0.717, 1.165) is 0 Å². The van der Waals surface area contributed by atoms with Crippen molar-refractivity contribution in [3.8, 4) is 0 Å². The van der Waals surface area contributed by atoms with Crippen LogP contribution in [0.3, 0.4) is 0 Å². The first-order chi connectivity index (χ1) is 9.99. The molecule has 6 nitrogen and oxygen atoms in total. The van der Waals surface area contributed by atoms with Crippen LogP contribution in [-0.2, 0) is 4.79 Å². The first-order valence-corrected chi connectivity index (χ1v) is 6.76. The number of hydrogen-bond donors (Lipinski definition) is 2. The maximum absolute atomic E-state index is 13.5. The second-order valence-electron chi connectivity index (χ2n) is 4.95. The molecule has 1 unspecified atom stereocenters. The van der Waals surface area contributed by atoms with E-state index >= 15 is 0 Å². The fourth-order valence-electron chi connectivity index (χ4n) is 2.23. The Bertz CT molecular complexity index is 530. The quantitative estimate of drug-likeness (QED) is 0.885.